The lowest BCUT2D eigenvalue weighted by atomic mass is 10.2. The first-order valence-electron chi connectivity index (χ1n) is 5.00. The summed E-state index contributed by atoms with van der Waals surface area (Å²) in [5.41, 5.74) is 0.808. The van der Waals surface area contributed by atoms with Gasteiger partial charge in [-0.05, 0) is 17.7 Å². The molecule has 1 aromatic rings. The summed E-state index contributed by atoms with van der Waals surface area (Å²) in [7, 11) is -4.06. The van der Waals surface area contributed by atoms with Crippen LogP contribution in [-0.4, -0.2) is 35.1 Å². The lowest BCUT2D eigenvalue weighted by Gasteiger charge is -1.96. The van der Waals surface area contributed by atoms with Gasteiger partial charge in [0.1, 0.15) is 0 Å². The molecule has 20 heavy (non-hydrogen) atoms. The highest BCUT2D eigenvalue weighted by Crippen LogP contribution is 2.10. The lowest BCUT2D eigenvalue weighted by Crippen LogP contribution is -1.96. The molecular weight excluding hydrogens is 288 g/mol. The SMILES string of the molecule is C=Cc1ccc(S(=O)(=O)O)cc1.O=C(O)C=CC(=O)O. The van der Waals surface area contributed by atoms with Crippen LogP contribution >= 0.6 is 0 Å². The van der Waals surface area contributed by atoms with Gasteiger partial charge >= 0.3 is 11.9 Å². The van der Waals surface area contributed by atoms with Crippen molar-refractivity contribution in [3.63, 3.8) is 0 Å². The Morgan fingerprint density at radius 1 is 1.00 bits per heavy atom. The molecule has 0 fully saturated rings. The average molecular weight is 300 g/mol. The first-order valence-corrected chi connectivity index (χ1v) is 6.44. The number of carbonyl (C=O) groups is 2. The van der Waals surface area contributed by atoms with Gasteiger partial charge in [0.25, 0.3) is 10.1 Å². The van der Waals surface area contributed by atoms with Crippen LogP contribution in [0.25, 0.3) is 6.08 Å². The van der Waals surface area contributed by atoms with Gasteiger partial charge in [-0.15, -0.1) is 0 Å². The molecule has 108 valence electrons. The molecule has 0 spiro atoms. The second kappa shape index (κ2) is 7.87. The maximum absolute atomic E-state index is 10.6. The molecule has 8 heteroatoms. The van der Waals surface area contributed by atoms with Gasteiger partial charge < -0.3 is 10.2 Å². The Morgan fingerprint density at radius 3 is 1.65 bits per heavy atom. The molecule has 1 rings (SSSR count). The Labute approximate surface area is 115 Å². The number of benzene rings is 1. The summed E-state index contributed by atoms with van der Waals surface area (Å²) in [6, 6.07) is 5.78. The van der Waals surface area contributed by atoms with E-state index in [0.717, 1.165) is 5.56 Å². The Bertz CT molecular complexity index is 596. The van der Waals surface area contributed by atoms with E-state index in [1.165, 1.54) is 12.1 Å². The molecule has 0 heterocycles. The van der Waals surface area contributed by atoms with E-state index in [1.807, 2.05) is 0 Å². The molecule has 1 aromatic carbocycles. The number of carboxylic acids is 2. The molecule has 0 atom stereocenters. The van der Waals surface area contributed by atoms with Gasteiger partial charge in [0.05, 0.1) is 4.90 Å². The topological polar surface area (TPSA) is 129 Å². The van der Waals surface area contributed by atoms with Crippen LogP contribution in [0.1, 0.15) is 5.56 Å². The maximum Gasteiger partial charge on any atom is 0.328 e. The minimum Gasteiger partial charge on any atom is -0.478 e. The van der Waals surface area contributed by atoms with Crippen molar-refractivity contribution in [2.75, 3.05) is 0 Å². The van der Waals surface area contributed by atoms with E-state index in [4.69, 9.17) is 14.8 Å². The van der Waals surface area contributed by atoms with Crippen LogP contribution in [0.4, 0.5) is 0 Å². The summed E-state index contributed by atoms with van der Waals surface area (Å²) in [5.74, 6) is -2.51. The van der Waals surface area contributed by atoms with Crippen molar-refractivity contribution in [2.24, 2.45) is 0 Å². The highest BCUT2D eigenvalue weighted by molar-refractivity contribution is 7.85. The summed E-state index contributed by atoms with van der Waals surface area (Å²) >= 11 is 0. The second-order valence-corrected chi connectivity index (χ2v) is 4.68. The van der Waals surface area contributed by atoms with Gasteiger partial charge in [-0.2, -0.15) is 8.42 Å². The highest BCUT2D eigenvalue weighted by atomic mass is 32.2. The fourth-order valence-electron chi connectivity index (χ4n) is 0.918. The molecule has 0 aliphatic heterocycles. The van der Waals surface area contributed by atoms with E-state index in [9.17, 15) is 18.0 Å². The van der Waals surface area contributed by atoms with Gasteiger partial charge in [-0.1, -0.05) is 24.8 Å². The van der Waals surface area contributed by atoms with Gasteiger partial charge in [-0.25, -0.2) is 9.59 Å². The maximum atomic E-state index is 10.6. The molecule has 0 aliphatic rings. The quantitative estimate of drug-likeness (QED) is 0.564. The summed E-state index contributed by atoms with van der Waals surface area (Å²) in [6.45, 7) is 3.51. The van der Waals surface area contributed by atoms with E-state index in [2.05, 4.69) is 6.58 Å². The third-order valence-electron chi connectivity index (χ3n) is 1.78. The zero-order valence-electron chi connectivity index (χ0n) is 10.1. The van der Waals surface area contributed by atoms with Crippen molar-refractivity contribution in [1.82, 2.24) is 0 Å². The lowest BCUT2D eigenvalue weighted by molar-refractivity contribution is -0.134. The van der Waals surface area contributed by atoms with Gasteiger partial charge in [0, 0.05) is 12.2 Å². The summed E-state index contributed by atoms with van der Waals surface area (Å²) in [5, 5.41) is 15.6. The largest absolute Gasteiger partial charge is 0.478 e. The third-order valence-corrected chi connectivity index (χ3v) is 2.65. The first kappa shape index (κ1) is 17.6. The molecule has 3 N–H and O–H groups in total. The van der Waals surface area contributed by atoms with Crippen molar-refractivity contribution in [3.8, 4) is 0 Å². The standard InChI is InChI=1S/C8H8O3S.C4H4O4/c1-2-7-3-5-8(6-4-7)12(9,10)11;5-3(6)1-2-4(7)8/h2-6H,1H2,(H,9,10,11);1-2H,(H,5,6)(H,7,8). The Morgan fingerprint density at radius 2 is 1.40 bits per heavy atom. The molecule has 0 amide bonds. The number of carboxylic acid groups (broad SMARTS) is 2. The van der Waals surface area contributed by atoms with E-state index in [0.29, 0.717) is 12.2 Å². The minimum absolute atomic E-state index is 0.104. The molecule has 0 radical (unpaired) electrons. The van der Waals surface area contributed by atoms with Crippen molar-refractivity contribution < 1.29 is 32.8 Å². The van der Waals surface area contributed by atoms with Gasteiger partial charge in [0.2, 0.25) is 0 Å². The summed E-state index contributed by atoms with van der Waals surface area (Å²) in [6.07, 6.45) is 2.71. The first-order chi connectivity index (χ1) is 9.16. The molecule has 0 saturated carbocycles. The molecule has 0 aromatic heterocycles. The van der Waals surface area contributed by atoms with Crippen molar-refractivity contribution in [2.45, 2.75) is 4.90 Å². The normalized spacial score (nSPS) is 10.4. The van der Waals surface area contributed by atoms with Crippen molar-refractivity contribution >= 4 is 28.1 Å². The molecular formula is C12H12O7S. The van der Waals surface area contributed by atoms with Crippen molar-refractivity contribution in [3.05, 3.63) is 48.6 Å². The van der Waals surface area contributed by atoms with Crippen LogP contribution in [0.3, 0.4) is 0 Å². The van der Waals surface area contributed by atoms with Crippen LogP contribution in [0.15, 0.2) is 47.9 Å². The van der Waals surface area contributed by atoms with E-state index in [-0.39, 0.29) is 4.90 Å². The monoisotopic (exact) mass is 300 g/mol. The number of rotatable bonds is 4. The highest BCUT2D eigenvalue weighted by Gasteiger charge is 2.07. The fourth-order valence-corrected chi connectivity index (χ4v) is 1.40. The van der Waals surface area contributed by atoms with E-state index in [1.54, 1.807) is 18.2 Å². The van der Waals surface area contributed by atoms with E-state index >= 15 is 0 Å². The second-order valence-electron chi connectivity index (χ2n) is 3.26. The molecule has 0 saturated heterocycles. The number of hydrogen-bond donors (Lipinski definition) is 3. The number of aliphatic carboxylic acids is 2. The Balaban J connectivity index is 0.000000396. The Kier molecular flexibility index (Phi) is 6.91. The summed E-state index contributed by atoms with van der Waals surface area (Å²) in [4.78, 5) is 19.0. The fraction of sp³-hybridized carbons (Fsp3) is 0. The molecule has 0 bridgehead atoms. The van der Waals surface area contributed by atoms with Gasteiger partial charge in [-0.3, -0.25) is 4.55 Å². The molecule has 0 aliphatic carbocycles. The van der Waals surface area contributed by atoms with Gasteiger partial charge in [0.15, 0.2) is 0 Å². The smallest absolute Gasteiger partial charge is 0.328 e. The minimum atomic E-state index is -4.06. The number of hydrogen-bond acceptors (Lipinski definition) is 4. The third kappa shape index (κ3) is 7.80. The predicted molar refractivity (Wildman–Crippen MR) is 70.8 cm³/mol. The van der Waals surface area contributed by atoms with Crippen LogP contribution in [0, 0.1) is 0 Å². The van der Waals surface area contributed by atoms with Crippen LogP contribution in [0.2, 0.25) is 0 Å². The molecule has 0 unspecified atom stereocenters. The predicted octanol–water partition coefficient (Wildman–Crippen LogP) is 1.29. The van der Waals surface area contributed by atoms with Crippen LogP contribution < -0.4 is 0 Å². The zero-order valence-corrected chi connectivity index (χ0v) is 10.9. The van der Waals surface area contributed by atoms with Crippen LogP contribution in [-0.2, 0) is 19.7 Å². The summed E-state index contributed by atoms with van der Waals surface area (Å²) < 4.78 is 29.7. The zero-order chi connectivity index (χ0) is 15.8. The Hall–Kier alpha value is -2.45. The van der Waals surface area contributed by atoms with E-state index < -0.39 is 22.1 Å². The van der Waals surface area contributed by atoms with Crippen molar-refractivity contribution in [1.29, 1.82) is 0 Å². The molecule has 7 nitrogen and oxygen atoms in total. The van der Waals surface area contributed by atoms with Crippen LogP contribution in [0.5, 0.6) is 0 Å². The average Bonchev–Trinajstić information content (AvgIpc) is 2.36.